The van der Waals surface area contributed by atoms with Gasteiger partial charge in [0.2, 0.25) is 5.91 Å². The van der Waals surface area contributed by atoms with Gasteiger partial charge in [-0.25, -0.2) is 9.18 Å². The smallest absolute Gasteiger partial charge is 0.410 e. The molecule has 2 saturated heterocycles. The number of amides is 2. The van der Waals surface area contributed by atoms with E-state index < -0.39 is 5.60 Å². The summed E-state index contributed by atoms with van der Waals surface area (Å²) in [6.07, 6.45) is 3.14. The van der Waals surface area contributed by atoms with Gasteiger partial charge in [-0.2, -0.15) is 0 Å². The zero-order valence-electron chi connectivity index (χ0n) is 28.0. The Morgan fingerprint density at radius 2 is 1.82 bits per heavy atom. The molecule has 0 unspecified atom stereocenters. The number of carbonyl (C=O) groups excluding carboxylic acids is 2. The number of carbonyl (C=O) groups is 2. The summed E-state index contributed by atoms with van der Waals surface area (Å²) in [4.78, 5) is 40.7. The third-order valence-corrected chi connectivity index (χ3v) is 9.22. The highest BCUT2D eigenvalue weighted by atomic mass is 19.1. The van der Waals surface area contributed by atoms with Crippen molar-refractivity contribution in [2.24, 2.45) is 0 Å². The Balaban J connectivity index is 1.37. The van der Waals surface area contributed by atoms with Crippen LogP contribution >= 0.6 is 0 Å². The van der Waals surface area contributed by atoms with Crippen molar-refractivity contribution in [2.75, 3.05) is 57.4 Å². The second-order valence-corrected chi connectivity index (χ2v) is 14.6. The lowest BCUT2D eigenvalue weighted by molar-refractivity contribution is -0.122. The first kappa shape index (κ1) is 33.3. The fourth-order valence-corrected chi connectivity index (χ4v) is 6.82. The lowest BCUT2D eigenvalue weighted by Crippen LogP contribution is -2.64. The summed E-state index contributed by atoms with van der Waals surface area (Å²) in [6.45, 7) is 18.9. The van der Waals surface area contributed by atoms with Gasteiger partial charge in [-0.05, 0) is 69.9 Å². The normalized spacial score (nSPS) is 24.0. The van der Waals surface area contributed by atoms with Crippen molar-refractivity contribution >= 4 is 17.7 Å². The van der Waals surface area contributed by atoms with Gasteiger partial charge in [0.1, 0.15) is 11.4 Å². The van der Waals surface area contributed by atoms with Crippen LogP contribution in [0, 0.1) is 5.82 Å². The SMILES string of the molecule is CC[C@@H]1COCCN1C[C@H]1CN(C(=O)OC(C)(C)C)[C@H](C)CN1CC(=O)N1CC(C)(C)c2ncc(Cc3ccc(F)cc3)cc21. The van der Waals surface area contributed by atoms with Gasteiger partial charge in [0.15, 0.2) is 0 Å². The van der Waals surface area contributed by atoms with Crippen molar-refractivity contribution in [3.63, 3.8) is 0 Å². The first-order valence-electron chi connectivity index (χ1n) is 16.3. The fourth-order valence-electron chi connectivity index (χ4n) is 6.82. The van der Waals surface area contributed by atoms with Crippen LogP contribution in [-0.2, 0) is 26.1 Å². The Labute approximate surface area is 267 Å². The molecule has 246 valence electrons. The molecular weight excluding hydrogens is 573 g/mol. The predicted molar refractivity (Wildman–Crippen MR) is 173 cm³/mol. The molecule has 4 heterocycles. The molecule has 0 saturated carbocycles. The largest absolute Gasteiger partial charge is 0.444 e. The molecule has 2 fully saturated rings. The molecule has 0 spiro atoms. The fraction of sp³-hybridized carbons (Fsp3) is 0.629. The van der Waals surface area contributed by atoms with Crippen LogP contribution in [0.2, 0.25) is 0 Å². The first-order chi connectivity index (χ1) is 21.2. The van der Waals surface area contributed by atoms with Crippen LogP contribution in [-0.4, -0.2) is 108 Å². The number of fused-ring (bicyclic) bond motifs is 1. The zero-order chi connectivity index (χ0) is 32.5. The number of hydrogen-bond acceptors (Lipinski definition) is 7. The molecule has 2 aromatic rings. The molecule has 1 aromatic carbocycles. The summed E-state index contributed by atoms with van der Waals surface area (Å²) >= 11 is 0. The summed E-state index contributed by atoms with van der Waals surface area (Å²) in [5.41, 5.74) is 2.85. The second-order valence-electron chi connectivity index (χ2n) is 14.6. The highest BCUT2D eigenvalue weighted by Gasteiger charge is 2.43. The average molecular weight is 624 g/mol. The number of morpholine rings is 1. The van der Waals surface area contributed by atoms with Gasteiger partial charge in [0.05, 0.1) is 31.1 Å². The van der Waals surface area contributed by atoms with Crippen LogP contribution in [0.1, 0.15) is 71.7 Å². The first-order valence-corrected chi connectivity index (χ1v) is 16.3. The standard InChI is InChI=1S/C35H50FN5O4/c1-8-28-22-44-14-13-38(28)19-29-20-40(33(43)45-34(3,4)5)24(2)18-39(29)21-31(42)41-23-35(6,7)32-30(41)16-26(17-37-32)15-25-9-11-27(36)12-10-25/h9-12,16-17,24,28-29H,8,13-15,18-23H2,1-7H3/t24-,28-,29+/m1/s1. The zero-order valence-corrected chi connectivity index (χ0v) is 28.0. The van der Waals surface area contributed by atoms with Gasteiger partial charge in [-0.15, -0.1) is 0 Å². The number of benzene rings is 1. The molecule has 3 atom stereocenters. The van der Waals surface area contributed by atoms with Gasteiger partial charge < -0.3 is 19.3 Å². The molecule has 0 bridgehead atoms. The van der Waals surface area contributed by atoms with E-state index in [4.69, 9.17) is 14.5 Å². The Hall–Kier alpha value is -3.08. The minimum absolute atomic E-state index is 0.0273. The van der Waals surface area contributed by atoms with Crippen molar-refractivity contribution in [1.82, 2.24) is 19.7 Å². The number of nitrogens with zero attached hydrogens (tertiary/aromatic N) is 5. The van der Waals surface area contributed by atoms with Gasteiger partial charge >= 0.3 is 6.09 Å². The Kier molecular flexibility index (Phi) is 9.87. The van der Waals surface area contributed by atoms with E-state index in [2.05, 4.69) is 36.6 Å². The molecule has 0 radical (unpaired) electrons. The molecule has 9 nitrogen and oxygen atoms in total. The van der Waals surface area contributed by atoms with Crippen LogP contribution < -0.4 is 4.90 Å². The number of hydrogen-bond donors (Lipinski definition) is 0. The molecular formula is C35H50FN5O4. The molecule has 2 amide bonds. The number of ether oxygens (including phenoxy) is 2. The van der Waals surface area contributed by atoms with Crippen molar-refractivity contribution in [3.05, 3.63) is 59.2 Å². The van der Waals surface area contributed by atoms with Gasteiger partial charge in [-0.3, -0.25) is 19.6 Å². The number of piperazine rings is 1. The van der Waals surface area contributed by atoms with Gasteiger partial charge in [-0.1, -0.05) is 32.9 Å². The quantitative estimate of drug-likeness (QED) is 0.436. The van der Waals surface area contributed by atoms with E-state index in [1.54, 1.807) is 12.1 Å². The number of halogens is 1. The van der Waals surface area contributed by atoms with Gasteiger partial charge in [0.25, 0.3) is 0 Å². The number of pyridine rings is 1. The lowest BCUT2D eigenvalue weighted by Gasteiger charge is -2.48. The third kappa shape index (κ3) is 7.84. The average Bonchev–Trinajstić information content (AvgIpc) is 3.24. The highest BCUT2D eigenvalue weighted by molar-refractivity contribution is 5.97. The minimum atomic E-state index is -0.587. The molecule has 3 aliphatic rings. The predicted octanol–water partition coefficient (Wildman–Crippen LogP) is 4.86. The molecule has 0 aliphatic carbocycles. The molecule has 0 N–H and O–H groups in total. The van der Waals surface area contributed by atoms with Crippen molar-refractivity contribution in [2.45, 2.75) is 90.4 Å². The van der Waals surface area contributed by atoms with E-state index >= 15 is 0 Å². The topological polar surface area (TPSA) is 78.5 Å². The monoisotopic (exact) mass is 623 g/mol. The third-order valence-electron chi connectivity index (χ3n) is 9.22. The second kappa shape index (κ2) is 13.3. The number of aromatic nitrogens is 1. The minimum Gasteiger partial charge on any atom is -0.444 e. The van der Waals surface area contributed by atoms with Crippen LogP contribution in [0.3, 0.4) is 0 Å². The Morgan fingerprint density at radius 3 is 2.51 bits per heavy atom. The van der Waals surface area contributed by atoms with Crippen molar-refractivity contribution in [3.8, 4) is 0 Å². The summed E-state index contributed by atoms with van der Waals surface area (Å²) in [5, 5.41) is 0. The molecule has 3 aliphatic heterocycles. The molecule has 1 aromatic heterocycles. The summed E-state index contributed by atoms with van der Waals surface area (Å²) < 4.78 is 25.0. The van der Waals surface area contributed by atoms with E-state index in [9.17, 15) is 14.0 Å². The lowest BCUT2D eigenvalue weighted by atomic mass is 9.91. The Morgan fingerprint density at radius 1 is 1.09 bits per heavy atom. The van der Waals surface area contributed by atoms with Crippen LogP contribution in [0.25, 0.3) is 0 Å². The number of rotatable bonds is 7. The Bertz CT molecular complexity index is 1360. The summed E-state index contributed by atoms with van der Waals surface area (Å²) in [7, 11) is 0. The summed E-state index contributed by atoms with van der Waals surface area (Å²) in [5.74, 6) is -0.234. The molecule has 5 rings (SSSR count). The highest BCUT2D eigenvalue weighted by Crippen LogP contribution is 2.40. The van der Waals surface area contributed by atoms with Crippen LogP contribution in [0.4, 0.5) is 14.9 Å². The maximum absolute atomic E-state index is 14.2. The van der Waals surface area contributed by atoms with Crippen LogP contribution in [0.15, 0.2) is 36.5 Å². The van der Waals surface area contributed by atoms with E-state index in [0.29, 0.717) is 45.3 Å². The van der Waals surface area contributed by atoms with E-state index in [1.165, 1.54) is 12.1 Å². The van der Waals surface area contributed by atoms with Gasteiger partial charge in [0, 0.05) is 62.5 Å². The van der Waals surface area contributed by atoms with Crippen molar-refractivity contribution < 1.29 is 23.5 Å². The molecule has 45 heavy (non-hydrogen) atoms. The van der Waals surface area contributed by atoms with Crippen molar-refractivity contribution in [1.29, 1.82) is 0 Å². The summed E-state index contributed by atoms with van der Waals surface area (Å²) in [6, 6.07) is 8.73. The van der Waals surface area contributed by atoms with E-state index in [-0.39, 0.29) is 41.9 Å². The van der Waals surface area contributed by atoms with E-state index in [0.717, 1.165) is 42.0 Å². The van der Waals surface area contributed by atoms with E-state index in [1.807, 2.05) is 43.7 Å². The number of anilines is 1. The van der Waals surface area contributed by atoms with Crippen LogP contribution in [0.5, 0.6) is 0 Å². The molecule has 10 heteroatoms. The maximum Gasteiger partial charge on any atom is 0.410 e. The maximum atomic E-state index is 14.2.